The van der Waals surface area contributed by atoms with Crippen LogP contribution in [0, 0.1) is 0 Å². The van der Waals surface area contributed by atoms with Crippen molar-refractivity contribution in [3.63, 3.8) is 0 Å². The molecule has 0 fully saturated rings. The number of carbonyl (C=O) groups is 1. The maximum absolute atomic E-state index is 13.5. The SMILES string of the molecule is CCOc1ccc(N(CC(=O)NCc2ccc(N(CC)CC)cc2)S(=O)(=O)c2ccc(Cl)cc2)cc1. The highest BCUT2D eigenvalue weighted by Gasteiger charge is 2.27. The first-order valence-corrected chi connectivity index (χ1v) is 13.7. The van der Waals surface area contributed by atoms with Gasteiger partial charge in [-0.2, -0.15) is 0 Å². The van der Waals surface area contributed by atoms with Crippen LogP contribution in [-0.4, -0.2) is 40.6 Å². The molecular weight excluding hydrogens is 498 g/mol. The summed E-state index contributed by atoms with van der Waals surface area (Å²) < 4.78 is 33.5. The molecule has 9 heteroatoms. The monoisotopic (exact) mass is 529 g/mol. The molecule has 0 aromatic heterocycles. The summed E-state index contributed by atoms with van der Waals surface area (Å²) in [6.07, 6.45) is 0. The number of anilines is 2. The Bertz CT molecular complexity index is 1230. The van der Waals surface area contributed by atoms with Gasteiger partial charge in [-0.05, 0) is 87.0 Å². The van der Waals surface area contributed by atoms with Gasteiger partial charge in [-0.15, -0.1) is 0 Å². The molecule has 0 bridgehead atoms. The molecule has 0 spiro atoms. The molecule has 7 nitrogen and oxygen atoms in total. The lowest BCUT2D eigenvalue weighted by Gasteiger charge is -2.24. The predicted octanol–water partition coefficient (Wildman–Crippen LogP) is 5.10. The lowest BCUT2D eigenvalue weighted by molar-refractivity contribution is -0.119. The summed E-state index contributed by atoms with van der Waals surface area (Å²) in [5.41, 5.74) is 2.39. The molecule has 1 amide bonds. The summed E-state index contributed by atoms with van der Waals surface area (Å²) in [5, 5.41) is 3.26. The van der Waals surface area contributed by atoms with Gasteiger partial charge in [0, 0.05) is 30.3 Å². The third-order valence-corrected chi connectivity index (χ3v) is 7.72. The van der Waals surface area contributed by atoms with E-state index in [-0.39, 0.29) is 18.0 Å². The fourth-order valence-corrected chi connectivity index (χ4v) is 5.27. The van der Waals surface area contributed by atoms with Crippen molar-refractivity contribution in [3.8, 4) is 5.75 Å². The van der Waals surface area contributed by atoms with Crippen LogP contribution >= 0.6 is 11.6 Å². The number of carbonyl (C=O) groups excluding carboxylic acids is 1. The Kier molecular flexibility index (Phi) is 9.61. The third kappa shape index (κ3) is 6.92. The van der Waals surface area contributed by atoms with Crippen LogP contribution in [0.25, 0.3) is 0 Å². The van der Waals surface area contributed by atoms with Crippen LogP contribution in [0.3, 0.4) is 0 Å². The zero-order valence-electron chi connectivity index (χ0n) is 20.8. The first-order chi connectivity index (χ1) is 17.3. The molecule has 0 radical (unpaired) electrons. The van der Waals surface area contributed by atoms with Crippen LogP contribution in [0.4, 0.5) is 11.4 Å². The highest BCUT2D eigenvalue weighted by Crippen LogP contribution is 2.26. The van der Waals surface area contributed by atoms with Crippen LogP contribution < -0.4 is 19.3 Å². The van der Waals surface area contributed by atoms with E-state index >= 15 is 0 Å². The molecule has 0 aliphatic rings. The topological polar surface area (TPSA) is 79.0 Å². The number of benzene rings is 3. The zero-order chi connectivity index (χ0) is 26.1. The van der Waals surface area contributed by atoms with Crippen molar-refractivity contribution < 1.29 is 17.9 Å². The maximum Gasteiger partial charge on any atom is 0.264 e. The van der Waals surface area contributed by atoms with Crippen LogP contribution in [0.1, 0.15) is 26.3 Å². The fraction of sp³-hybridized carbons (Fsp3) is 0.296. The average molecular weight is 530 g/mol. The van der Waals surface area contributed by atoms with Crippen molar-refractivity contribution in [1.82, 2.24) is 5.32 Å². The number of halogens is 1. The summed E-state index contributed by atoms with van der Waals surface area (Å²) in [5.74, 6) is 0.192. The number of ether oxygens (including phenoxy) is 1. The van der Waals surface area contributed by atoms with Gasteiger partial charge in [-0.25, -0.2) is 8.42 Å². The van der Waals surface area contributed by atoms with Gasteiger partial charge in [-0.1, -0.05) is 23.7 Å². The van der Waals surface area contributed by atoms with Gasteiger partial charge in [0.05, 0.1) is 17.2 Å². The number of amides is 1. The third-order valence-electron chi connectivity index (χ3n) is 5.68. The minimum Gasteiger partial charge on any atom is -0.494 e. The zero-order valence-corrected chi connectivity index (χ0v) is 22.3. The molecule has 0 saturated carbocycles. The Hall–Kier alpha value is -3.23. The minimum absolute atomic E-state index is 0.0422. The highest BCUT2D eigenvalue weighted by atomic mass is 35.5. The second-order valence-electron chi connectivity index (χ2n) is 8.01. The Morgan fingerprint density at radius 3 is 2.00 bits per heavy atom. The van der Waals surface area contributed by atoms with E-state index in [1.165, 1.54) is 24.3 Å². The summed E-state index contributed by atoms with van der Waals surface area (Å²) >= 11 is 5.94. The number of rotatable bonds is 12. The lowest BCUT2D eigenvalue weighted by Crippen LogP contribution is -2.40. The molecule has 3 aromatic carbocycles. The van der Waals surface area contributed by atoms with Crippen molar-refractivity contribution in [1.29, 1.82) is 0 Å². The van der Waals surface area contributed by atoms with Gasteiger partial charge >= 0.3 is 0 Å². The molecule has 0 atom stereocenters. The smallest absolute Gasteiger partial charge is 0.264 e. The quantitative estimate of drug-likeness (QED) is 0.353. The van der Waals surface area contributed by atoms with Crippen molar-refractivity contribution in [2.45, 2.75) is 32.2 Å². The normalized spacial score (nSPS) is 11.1. The van der Waals surface area contributed by atoms with Crippen molar-refractivity contribution in [2.75, 3.05) is 35.4 Å². The number of nitrogens with zero attached hydrogens (tertiary/aromatic N) is 2. The molecule has 3 aromatic rings. The molecule has 0 aliphatic heterocycles. The second kappa shape index (κ2) is 12.6. The largest absolute Gasteiger partial charge is 0.494 e. The molecule has 0 heterocycles. The van der Waals surface area contributed by atoms with E-state index in [1.807, 2.05) is 31.2 Å². The lowest BCUT2D eigenvalue weighted by atomic mass is 10.2. The Balaban J connectivity index is 1.78. The first kappa shape index (κ1) is 27.4. The second-order valence-corrected chi connectivity index (χ2v) is 10.3. The van der Waals surface area contributed by atoms with Gasteiger partial charge < -0.3 is 15.0 Å². The number of hydrogen-bond donors (Lipinski definition) is 1. The Labute approximate surface area is 218 Å². The summed E-state index contributed by atoms with van der Waals surface area (Å²) in [4.78, 5) is 15.2. The van der Waals surface area contributed by atoms with Crippen LogP contribution in [0.2, 0.25) is 5.02 Å². The molecule has 1 N–H and O–H groups in total. The Morgan fingerprint density at radius 1 is 0.861 bits per heavy atom. The van der Waals surface area contributed by atoms with Gasteiger partial charge in [-0.3, -0.25) is 9.10 Å². The van der Waals surface area contributed by atoms with Gasteiger partial charge in [0.15, 0.2) is 0 Å². The molecule has 0 saturated heterocycles. The van der Waals surface area contributed by atoms with Crippen molar-refractivity contribution >= 4 is 38.9 Å². The summed E-state index contributed by atoms with van der Waals surface area (Å²) in [6.45, 7) is 8.30. The van der Waals surface area contributed by atoms with E-state index in [2.05, 4.69) is 24.1 Å². The molecular formula is C27H32ClN3O4S. The van der Waals surface area contributed by atoms with E-state index < -0.39 is 15.9 Å². The standard InChI is InChI=1S/C27H32ClN3O4S/c1-4-30(5-2)23-11-7-21(8-12-23)19-29-27(32)20-31(24-13-15-25(16-14-24)35-6-3)36(33,34)26-17-9-22(28)10-18-26/h7-18H,4-6,19-20H2,1-3H3,(H,29,32). The van der Waals surface area contributed by atoms with Crippen LogP contribution in [0.5, 0.6) is 5.75 Å². The van der Waals surface area contributed by atoms with E-state index in [9.17, 15) is 13.2 Å². The summed E-state index contributed by atoms with van der Waals surface area (Å²) in [6, 6.07) is 20.4. The number of hydrogen-bond acceptors (Lipinski definition) is 5. The fourth-order valence-electron chi connectivity index (χ4n) is 3.72. The highest BCUT2D eigenvalue weighted by molar-refractivity contribution is 7.92. The predicted molar refractivity (Wildman–Crippen MR) is 145 cm³/mol. The van der Waals surface area contributed by atoms with Crippen molar-refractivity contribution in [2.24, 2.45) is 0 Å². The van der Waals surface area contributed by atoms with Crippen LogP contribution in [0.15, 0.2) is 77.7 Å². The maximum atomic E-state index is 13.5. The van der Waals surface area contributed by atoms with E-state index in [1.54, 1.807) is 24.3 Å². The van der Waals surface area contributed by atoms with E-state index in [0.29, 0.717) is 23.1 Å². The van der Waals surface area contributed by atoms with Crippen LogP contribution in [-0.2, 0) is 21.4 Å². The molecule has 192 valence electrons. The number of nitrogens with one attached hydrogen (secondary N) is 1. The molecule has 3 rings (SSSR count). The van der Waals surface area contributed by atoms with E-state index in [0.717, 1.165) is 28.6 Å². The Morgan fingerprint density at radius 2 is 1.44 bits per heavy atom. The average Bonchev–Trinajstić information content (AvgIpc) is 2.88. The first-order valence-electron chi connectivity index (χ1n) is 11.9. The minimum atomic E-state index is -4.03. The molecule has 36 heavy (non-hydrogen) atoms. The number of sulfonamides is 1. The van der Waals surface area contributed by atoms with Crippen molar-refractivity contribution in [3.05, 3.63) is 83.4 Å². The van der Waals surface area contributed by atoms with E-state index in [4.69, 9.17) is 16.3 Å². The van der Waals surface area contributed by atoms with Gasteiger partial charge in [0.2, 0.25) is 5.91 Å². The summed E-state index contributed by atoms with van der Waals surface area (Å²) in [7, 11) is -4.03. The molecule has 0 aliphatic carbocycles. The van der Waals surface area contributed by atoms with Gasteiger partial charge in [0.1, 0.15) is 12.3 Å². The molecule has 0 unspecified atom stereocenters. The van der Waals surface area contributed by atoms with Gasteiger partial charge in [0.25, 0.3) is 10.0 Å².